The van der Waals surface area contributed by atoms with Crippen LogP contribution in [0.2, 0.25) is 0 Å². The Morgan fingerprint density at radius 1 is 1.65 bits per heavy atom. The predicted molar refractivity (Wildman–Crippen MR) is 65.5 cm³/mol. The van der Waals surface area contributed by atoms with E-state index in [9.17, 15) is 9.90 Å². The van der Waals surface area contributed by atoms with Crippen LogP contribution in [0.4, 0.5) is 5.13 Å². The average Bonchev–Trinajstić information content (AvgIpc) is 2.80. The number of carbonyl (C=O) groups excluding carboxylic acids is 1. The zero-order chi connectivity index (χ0) is 12.3. The summed E-state index contributed by atoms with van der Waals surface area (Å²) in [6.07, 6.45) is 1.32. The van der Waals surface area contributed by atoms with Gasteiger partial charge in [0.15, 0.2) is 10.8 Å². The zero-order valence-corrected chi connectivity index (χ0v) is 10.6. The molecule has 17 heavy (non-hydrogen) atoms. The van der Waals surface area contributed by atoms with Crippen LogP contribution in [0.3, 0.4) is 0 Å². The molecule has 1 aliphatic rings. The van der Waals surface area contributed by atoms with Crippen LogP contribution in [-0.2, 0) is 4.74 Å². The van der Waals surface area contributed by atoms with Crippen molar-refractivity contribution in [3.8, 4) is 0 Å². The highest BCUT2D eigenvalue weighted by Crippen LogP contribution is 2.24. The molecule has 1 saturated heterocycles. The number of thiazole rings is 1. The summed E-state index contributed by atoms with van der Waals surface area (Å²) in [7, 11) is 0. The molecule has 0 bridgehead atoms. The Morgan fingerprint density at radius 2 is 2.35 bits per heavy atom. The molecule has 0 atom stereocenters. The van der Waals surface area contributed by atoms with E-state index in [2.05, 4.69) is 9.88 Å². The van der Waals surface area contributed by atoms with E-state index in [4.69, 9.17) is 4.74 Å². The summed E-state index contributed by atoms with van der Waals surface area (Å²) in [6.45, 7) is 3.71. The van der Waals surface area contributed by atoms with Crippen molar-refractivity contribution in [2.45, 2.75) is 25.9 Å². The fourth-order valence-corrected chi connectivity index (χ4v) is 2.61. The van der Waals surface area contributed by atoms with Gasteiger partial charge in [0.05, 0.1) is 12.7 Å². The number of hydrogen-bond acceptors (Lipinski definition) is 6. The Labute approximate surface area is 104 Å². The number of hydrogen-bond donors (Lipinski definition) is 1. The van der Waals surface area contributed by atoms with E-state index in [1.165, 1.54) is 11.3 Å². The quantitative estimate of drug-likeness (QED) is 0.825. The fourth-order valence-electron chi connectivity index (χ4n) is 1.77. The van der Waals surface area contributed by atoms with Gasteiger partial charge in [0.25, 0.3) is 0 Å². The highest BCUT2D eigenvalue weighted by molar-refractivity contribution is 7.13. The number of esters is 1. The average molecular weight is 256 g/mol. The molecule has 0 aromatic carbocycles. The second kappa shape index (κ2) is 5.46. The second-order valence-corrected chi connectivity index (χ2v) is 4.79. The van der Waals surface area contributed by atoms with E-state index in [1.807, 2.05) is 0 Å². The van der Waals surface area contributed by atoms with Gasteiger partial charge in [-0.25, -0.2) is 9.78 Å². The first-order valence-corrected chi connectivity index (χ1v) is 6.64. The van der Waals surface area contributed by atoms with Crippen molar-refractivity contribution in [2.24, 2.45) is 0 Å². The Hall–Kier alpha value is -1.14. The first kappa shape index (κ1) is 12.3. The molecule has 1 aromatic rings. The number of nitrogens with zero attached hydrogens (tertiary/aromatic N) is 2. The number of aliphatic hydroxyl groups excluding tert-OH is 1. The van der Waals surface area contributed by atoms with Gasteiger partial charge >= 0.3 is 5.97 Å². The van der Waals surface area contributed by atoms with Crippen molar-refractivity contribution in [3.63, 3.8) is 0 Å². The van der Waals surface area contributed by atoms with E-state index >= 15 is 0 Å². The van der Waals surface area contributed by atoms with Crippen LogP contribution in [-0.4, -0.2) is 41.9 Å². The van der Waals surface area contributed by atoms with Crippen LogP contribution in [0.1, 0.15) is 30.3 Å². The van der Waals surface area contributed by atoms with Crippen molar-refractivity contribution in [3.05, 3.63) is 11.1 Å². The third-order valence-corrected chi connectivity index (χ3v) is 3.61. The topological polar surface area (TPSA) is 62.7 Å². The highest BCUT2D eigenvalue weighted by Gasteiger charge is 2.21. The summed E-state index contributed by atoms with van der Waals surface area (Å²) in [5.41, 5.74) is 0.373. The van der Waals surface area contributed by atoms with Gasteiger partial charge in [0, 0.05) is 18.5 Å². The van der Waals surface area contributed by atoms with Gasteiger partial charge in [-0.15, -0.1) is 11.3 Å². The van der Waals surface area contributed by atoms with Crippen LogP contribution in [0, 0.1) is 0 Å². The molecule has 1 aromatic heterocycles. The van der Waals surface area contributed by atoms with Gasteiger partial charge in [-0.1, -0.05) is 0 Å². The van der Waals surface area contributed by atoms with Crippen LogP contribution in [0.25, 0.3) is 0 Å². The molecular formula is C11H16N2O3S. The van der Waals surface area contributed by atoms with Gasteiger partial charge in [0.2, 0.25) is 0 Å². The van der Waals surface area contributed by atoms with Gasteiger partial charge in [-0.2, -0.15) is 0 Å². The van der Waals surface area contributed by atoms with Crippen molar-refractivity contribution < 1.29 is 14.6 Å². The lowest BCUT2D eigenvalue weighted by Gasteiger charge is -2.28. The smallest absolute Gasteiger partial charge is 0.357 e. The molecule has 2 heterocycles. The number of aromatic nitrogens is 1. The molecular weight excluding hydrogens is 240 g/mol. The first-order chi connectivity index (χ1) is 8.20. The van der Waals surface area contributed by atoms with Crippen LogP contribution < -0.4 is 4.90 Å². The molecule has 5 nitrogen and oxygen atoms in total. The maximum absolute atomic E-state index is 11.5. The molecule has 2 rings (SSSR count). The summed E-state index contributed by atoms with van der Waals surface area (Å²) in [5.74, 6) is -0.368. The Morgan fingerprint density at radius 3 is 3.00 bits per heavy atom. The molecule has 0 unspecified atom stereocenters. The Bertz CT molecular complexity index is 386. The van der Waals surface area contributed by atoms with Crippen LogP contribution in [0.5, 0.6) is 0 Å². The molecule has 0 aliphatic carbocycles. The Balaban J connectivity index is 2.00. The lowest BCUT2D eigenvalue weighted by molar-refractivity contribution is 0.0520. The van der Waals surface area contributed by atoms with Crippen LogP contribution in [0.15, 0.2) is 5.38 Å². The van der Waals surface area contributed by atoms with Gasteiger partial charge in [0.1, 0.15) is 0 Å². The first-order valence-electron chi connectivity index (χ1n) is 5.76. The van der Waals surface area contributed by atoms with Crippen molar-refractivity contribution in [1.29, 1.82) is 0 Å². The molecule has 1 N–H and O–H groups in total. The molecule has 0 radical (unpaired) electrons. The molecule has 94 valence electrons. The standard InChI is InChI=1S/C11H16N2O3S/c1-2-16-10(15)9-7-17-11(12-9)13-5-3-8(14)4-6-13/h7-8,14H,2-6H2,1H3. The summed E-state index contributed by atoms with van der Waals surface area (Å²) < 4.78 is 4.89. The summed E-state index contributed by atoms with van der Waals surface area (Å²) >= 11 is 1.44. The van der Waals surface area contributed by atoms with Crippen molar-refractivity contribution in [1.82, 2.24) is 4.98 Å². The number of ether oxygens (including phenoxy) is 1. The lowest BCUT2D eigenvalue weighted by atomic mass is 10.1. The fraction of sp³-hybridized carbons (Fsp3) is 0.636. The van der Waals surface area contributed by atoms with Gasteiger partial charge in [-0.05, 0) is 19.8 Å². The van der Waals surface area contributed by atoms with Gasteiger partial charge in [-0.3, -0.25) is 0 Å². The molecule has 1 aliphatic heterocycles. The molecule has 0 spiro atoms. The molecule has 6 heteroatoms. The largest absolute Gasteiger partial charge is 0.461 e. The van der Waals surface area contributed by atoms with E-state index in [0.29, 0.717) is 12.3 Å². The molecule has 0 saturated carbocycles. The van der Waals surface area contributed by atoms with Crippen LogP contribution >= 0.6 is 11.3 Å². The number of anilines is 1. The highest BCUT2D eigenvalue weighted by atomic mass is 32.1. The summed E-state index contributed by atoms with van der Waals surface area (Å²) in [4.78, 5) is 17.8. The minimum atomic E-state index is -0.368. The minimum absolute atomic E-state index is 0.198. The number of carbonyl (C=O) groups is 1. The van der Waals surface area contributed by atoms with E-state index in [1.54, 1.807) is 12.3 Å². The maximum Gasteiger partial charge on any atom is 0.357 e. The van der Waals surface area contributed by atoms with E-state index in [0.717, 1.165) is 31.1 Å². The van der Waals surface area contributed by atoms with Gasteiger partial charge < -0.3 is 14.7 Å². The maximum atomic E-state index is 11.5. The normalized spacial score (nSPS) is 17.2. The monoisotopic (exact) mass is 256 g/mol. The SMILES string of the molecule is CCOC(=O)c1csc(N2CCC(O)CC2)n1. The third-order valence-electron chi connectivity index (χ3n) is 2.71. The third kappa shape index (κ3) is 2.95. The summed E-state index contributed by atoms with van der Waals surface area (Å²) in [6, 6.07) is 0. The molecule has 0 amide bonds. The van der Waals surface area contributed by atoms with Crippen molar-refractivity contribution >= 4 is 22.4 Å². The van der Waals surface area contributed by atoms with Crippen molar-refractivity contribution in [2.75, 3.05) is 24.6 Å². The van der Waals surface area contributed by atoms with E-state index < -0.39 is 0 Å². The number of aliphatic hydroxyl groups is 1. The minimum Gasteiger partial charge on any atom is -0.461 e. The second-order valence-electron chi connectivity index (χ2n) is 3.95. The number of rotatable bonds is 3. The van der Waals surface area contributed by atoms with E-state index in [-0.39, 0.29) is 12.1 Å². The lowest BCUT2D eigenvalue weighted by Crippen LogP contribution is -2.35. The number of piperidine rings is 1. The summed E-state index contributed by atoms with van der Waals surface area (Å²) in [5, 5.41) is 12.0. The Kier molecular flexibility index (Phi) is 3.96. The predicted octanol–water partition coefficient (Wildman–Crippen LogP) is 1.28. The zero-order valence-electron chi connectivity index (χ0n) is 9.76. The molecule has 1 fully saturated rings.